The largest absolute Gasteiger partial charge is 0.390 e. The quantitative estimate of drug-likeness (QED) is 0.609. The number of aromatic nitrogens is 2. The molecule has 3 heterocycles. The van der Waals surface area contributed by atoms with Crippen LogP contribution in [0.1, 0.15) is 10.4 Å². The molecule has 2 atom stereocenters. The van der Waals surface area contributed by atoms with Gasteiger partial charge in [-0.1, -0.05) is 23.2 Å². The first-order chi connectivity index (χ1) is 15.9. The minimum absolute atomic E-state index is 0.0116. The molecule has 2 aliphatic rings. The van der Waals surface area contributed by atoms with Crippen molar-refractivity contribution >= 4 is 45.8 Å². The molecular formula is C23H22Cl2FN5O2. The minimum atomic E-state index is -0.592. The van der Waals surface area contributed by atoms with Crippen molar-refractivity contribution in [1.29, 1.82) is 0 Å². The monoisotopic (exact) mass is 489 g/mol. The molecule has 7 nitrogen and oxygen atoms in total. The van der Waals surface area contributed by atoms with E-state index >= 15 is 0 Å². The van der Waals surface area contributed by atoms with Gasteiger partial charge in [0.1, 0.15) is 18.0 Å². The van der Waals surface area contributed by atoms with Crippen molar-refractivity contribution in [2.75, 3.05) is 44.2 Å². The third kappa shape index (κ3) is 4.36. The van der Waals surface area contributed by atoms with Gasteiger partial charge >= 0.3 is 0 Å². The Morgan fingerprint density at radius 1 is 1.03 bits per heavy atom. The van der Waals surface area contributed by atoms with Gasteiger partial charge in [-0.05, 0) is 36.4 Å². The highest BCUT2D eigenvalue weighted by molar-refractivity contribution is 6.31. The fourth-order valence-electron chi connectivity index (χ4n) is 4.62. The summed E-state index contributed by atoms with van der Waals surface area (Å²) in [7, 11) is 0. The van der Waals surface area contributed by atoms with Crippen LogP contribution in [0.15, 0.2) is 42.7 Å². The lowest BCUT2D eigenvalue weighted by molar-refractivity contribution is 0.0376. The van der Waals surface area contributed by atoms with Gasteiger partial charge in [0.15, 0.2) is 0 Å². The van der Waals surface area contributed by atoms with E-state index in [1.807, 2.05) is 9.80 Å². The number of carbonyl (C=O) groups is 1. The Bertz CT molecular complexity index is 1190. The van der Waals surface area contributed by atoms with E-state index in [-0.39, 0.29) is 17.0 Å². The maximum Gasteiger partial charge on any atom is 0.253 e. The van der Waals surface area contributed by atoms with Crippen molar-refractivity contribution in [3.8, 4) is 0 Å². The van der Waals surface area contributed by atoms with Crippen LogP contribution in [0.4, 0.5) is 10.2 Å². The van der Waals surface area contributed by atoms with Crippen molar-refractivity contribution in [2.45, 2.75) is 12.1 Å². The van der Waals surface area contributed by atoms with E-state index in [1.165, 1.54) is 18.5 Å². The Balaban J connectivity index is 1.27. The number of carbonyl (C=O) groups excluding carboxylic acids is 1. The van der Waals surface area contributed by atoms with E-state index in [0.717, 1.165) is 0 Å². The molecule has 1 aromatic heterocycles. The van der Waals surface area contributed by atoms with Gasteiger partial charge in [0.25, 0.3) is 5.91 Å². The van der Waals surface area contributed by atoms with Crippen molar-refractivity contribution < 1.29 is 14.3 Å². The van der Waals surface area contributed by atoms with Gasteiger partial charge in [0, 0.05) is 55.2 Å². The van der Waals surface area contributed by atoms with Crippen molar-refractivity contribution in [3.05, 3.63) is 64.2 Å². The number of rotatable bonds is 3. The number of piperazine rings is 1. The van der Waals surface area contributed by atoms with Crippen LogP contribution in [0.2, 0.25) is 10.0 Å². The number of β-amino-alcohol motifs (C(OH)–C–C–N with tert-alkyl or cyclic N) is 1. The summed E-state index contributed by atoms with van der Waals surface area (Å²) in [5.74, 6) is 0.0275. The number of nitrogens with zero attached hydrogens (tertiary/aromatic N) is 5. The molecule has 33 heavy (non-hydrogen) atoms. The molecule has 0 radical (unpaired) electrons. The molecule has 10 heteroatoms. The van der Waals surface area contributed by atoms with E-state index in [9.17, 15) is 14.3 Å². The van der Waals surface area contributed by atoms with E-state index in [1.54, 1.807) is 24.3 Å². The topological polar surface area (TPSA) is 72.8 Å². The maximum absolute atomic E-state index is 14.1. The second-order valence-electron chi connectivity index (χ2n) is 8.36. The van der Waals surface area contributed by atoms with Gasteiger partial charge in [-0.2, -0.15) is 0 Å². The van der Waals surface area contributed by atoms with Crippen LogP contribution >= 0.6 is 23.2 Å². The van der Waals surface area contributed by atoms with E-state index < -0.39 is 11.9 Å². The normalized spacial score (nSPS) is 21.7. The van der Waals surface area contributed by atoms with Crippen LogP contribution in [0.25, 0.3) is 10.9 Å². The fourth-order valence-corrected chi connectivity index (χ4v) is 4.91. The first-order valence-electron chi connectivity index (χ1n) is 10.7. The summed E-state index contributed by atoms with van der Waals surface area (Å²) >= 11 is 11.8. The number of aliphatic hydroxyl groups excluding tert-OH is 1. The Labute approximate surface area is 200 Å². The molecule has 0 spiro atoms. The number of halogens is 3. The second kappa shape index (κ2) is 9.02. The lowest BCUT2D eigenvalue weighted by atomic mass is 10.1. The number of fused-ring (bicyclic) bond motifs is 1. The maximum atomic E-state index is 14.1. The summed E-state index contributed by atoms with van der Waals surface area (Å²) in [6.07, 6.45) is 0.831. The lowest BCUT2D eigenvalue weighted by Crippen LogP contribution is -2.54. The van der Waals surface area contributed by atoms with Crippen molar-refractivity contribution in [2.24, 2.45) is 0 Å². The highest BCUT2D eigenvalue weighted by Gasteiger charge is 2.38. The Morgan fingerprint density at radius 3 is 2.48 bits per heavy atom. The smallest absolute Gasteiger partial charge is 0.253 e. The number of aliphatic hydroxyl groups is 1. The number of hydrogen-bond acceptors (Lipinski definition) is 6. The van der Waals surface area contributed by atoms with Crippen LogP contribution in [0, 0.1) is 5.82 Å². The number of anilines is 1. The van der Waals surface area contributed by atoms with Gasteiger partial charge in [-0.15, -0.1) is 0 Å². The minimum Gasteiger partial charge on any atom is -0.390 e. The molecule has 1 N–H and O–H groups in total. The van der Waals surface area contributed by atoms with Crippen LogP contribution < -0.4 is 4.90 Å². The molecule has 0 aliphatic carbocycles. The first kappa shape index (κ1) is 22.3. The molecule has 0 bridgehead atoms. The third-order valence-electron chi connectivity index (χ3n) is 6.38. The molecule has 0 saturated carbocycles. The van der Waals surface area contributed by atoms with Crippen LogP contribution in [0.5, 0.6) is 0 Å². The summed E-state index contributed by atoms with van der Waals surface area (Å²) in [6.45, 7) is 3.39. The summed E-state index contributed by atoms with van der Waals surface area (Å²) in [5, 5.41) is 12.0. The molecule has 0 unspecified atom stereocenters. The van der Waals surface area contributed by atoms with E-state index in [2.05, 4.69) is 14.9 Å². The number of amides is 1. The summed E-state index contributed by atoms with van der Waals surface area (Å²) < 4.78 is 14.1. The van der Waals surface area contributed by atoms with Crippen LogP contribution in [0.3, 0.4) is 0 Å². The predicted octanol–water partition coefficient (Wildman–Crippen LogP) is 3.08. The molecule has 2 saturated heterocycles. The Kier molecular flexibility index (Phi) is 6.09. The van der Waals surface area contributed by atoms with Crippen molar-refractivity contribution in [1.82, 2.24) is 19.8 Å². The van der Waals surface area contributed by atoms with Gasteiger partial charge in [-0.25, -0.2) is 14.4 Å². The third-order valence-corrected chi connectivity index (χ3v) is 6.92. The molecule has 2 aromatic carbocycles. The van der Waals surface area contributed by atoms with E-state index in [4.69, 9.17) is 23.2 Å². The molecule has 5 rings (SSSR count). The van der Waals surface area contributed by atoms with Gasteiger partial charge in [0.2, 0.25) is 0 Å². The predicted molar refractivity (Wildman–Crippen MR) is 125 cm³/mol. The van der Waals surface area contributed by atoms with Gasteiger partial charge in [0.05, 0.1) is 22.7 Å². The average molecular weight is 490 g/mol. The zero-order valence-electron chi connectivity index (χ0n) is 17.7. The number of hydrogen-bond donors (Lipinski definition) is 1. The molecule has 172 valence electrons. The zero-order valence-corrected chi connectivity index (χ0v) is 19.2. The van der Waals surface area contributed by atoms with Gasteiger partial charge in [-0.3, -0.25) is 9.69 Å². The van der Waals surface area contributed by atoms with Crippen molar-refractivity contribution in [3.63, 3.8) is 0 Å². The molecule has 1 amide bonds. The molecule has 3 aromatic rings. The van der Waals surface area contributed by atoms with Crippen LogP contribution in [-0.4, -0.2) is 82.2 Å². The summed E-state index contributed by atoms with van der Waals surface area (Å²) in [6, 6.07) is 9.61. The Morgan fingerprint density at radius 2 is 1.76 bits per heavy atom. The van der Waals surface area contributed by atoms with E-state index in [0.29, 0.717) is 66.6 Å². The van der Waals surface area contributed by atoms with Crippen LogP contribution in [-0.2, 0) is 0 Å². The molecular weight excluding hydrogens is 468 g/mol. The second-order valence-corrected chi connectivity index (χ2v) is 9.20. The summed E-state index contributed by atoms with van der Waals surface area (Å²) in [5.41, 5.74) is 1.17. The molecule has 2 fully saturated rings. The highest BCUT2D eigenvalue weighted by atomic mass is 35.5. The number of benzene rings is 2. The lowest BCUT2D eigenvalue weighted by Gasteiger charge is -2.38. The average Bonchev–Trinajstić information content (AvgIpc) is 3.21. The zero-order chi connectivity index (χ0) is 23.1. The Hall–Kier alpha value is -2.52. The first-order valence-corrected chi connectivity index (χ1v) is 11.5. The highest BCUT2D eigenvalue weighted by Crippen LogP contribution is 2.31. The standard InChI is InChI=1S/C23H22Cl2FN5O2/c24-15-3-1-14(2-4-15)23(33)30-7-5-29(6-8-30)20-11-31(12-21(20)32)22-16-9-18(26)17(25)10-19(16)27-13-28-22/h1-4,9-10,13,20-21,32H,5-8,11-12H2/t20-,21-/m1/s1. The molecule has 2 aliphatic heterocycles. The fraction of sp³-hybridized carbons (Fsp3) is 0.348. The summed E-state index contributed by atoms with van der Waals surface area (Å²) in [4.78, 5) is 27.3. The SMILES string of the molecule is O=C(c1ccc(Cl)cc1)N1CCN([C@@H]2CN(c3ncnc4cc(Cl)c(F)cc34)C[C@H]2O)CC1. The van der Waals surface area contributed by atoms with Gasteiger partial charge < -0.3 is 14.9 Å².